The summed E-state index contributed by atoms with van der Waals surface area (Å²) in [6.07, 6.45) is 0. The highest BCUT2D eigenvalue weighted by Crippen LogP contribution is 2.31. The second-order valence-electron chi connectivity index (χ2n) is 7.20. The summed E-state index contributed by atoms with van der Waals surface area (Å²) in [7, 11) is 0. The van der Waals surface area contributed by atoms with E-state index in [9.17, 15) is 4.79 Å². The highest BCUT2D eigenvalue weighted by Gasteiger charge is 2.21. The number of halogens is 1. The summed E-state index contributed by atoms with van der Waals surface area (Å²) in [6, 6.07) is 23.3. The van der Waals surface area contributed by atoms with Crippen LogP contribution in [-0.4, -0.2) is 15.7 Å². The summed E-state index contributed by atoms with van der Waals surface area (Å²) in [4.78, 5) is 12.8. The van der Waals surface area contributed by atoms with Crippen LogP contribution in [0.2, 0.25) is 5.02 Å². The molecular formula is C24H22ClN3O. The fourth-order valence-electron chi connectivity index (χ4n) is 3.37. The van der Waals surface area contributed by atoms with Crippen LogP contribution in [0.4, 0.5) is 0 Å². The lowest BCUT2D eigenvalue weighted by molar-refractivity contribution is -0.124. The van der Waals surface area contributed by atoms with Gasteiger partial charge in [-0.15, -0.1) is 0 Å². The van der Waals surface area contributed by atoms with Crippen LogP contribution in [0, 0.1) is 6.92 Å². The van der Waals surface area contributed by atoms with Gasteiger partial charge in [0.05, 0.1) is 5.52 Å². The first-order valence-electron chi connectivity index (χ1n) is 9.59. The van der Waals surface area contributed by atoms with Crippen LogP contribution in [-0.2, 0) is 11.3 Å². The van der Waals surface area contributed by atoms with E-state index in [1.54, 1.807) is 4.68 Å². The number of benzene rings is 3. The molecule has 0 bridgehead atoms. The fourth-order valence-corrected chi connectivity index (χ4v) is 3.54. The maximum atomic E-state index is 12.8. The number of carbonyl (C=O) groups excluding carboxylic acids is 1. The molecule has 0 unspecified atom stereocenters. The predicted octanol–water partition coefficient (Wildman–Crippen LogP) is 5.54. The Labute approximate surface area is 175 Å². The minimum Gasteiger partial charge on any atom is -0.350 e. The van der Waals surface area contributed by atoms with E-state index >= 15 is 0 Å². The molecule has 0 aliphatic heterocycles. The second kappa shape index (κ2) is 8.10. The highest BCUT2D eigenvalue weighted by atomic mass is 35.5. The third kappa shape index (κ3) is 4.03. The van der Waals surface area contributed by atoms with Crippen molar-refractivity contribution in [1.29, 1.82) is 0 Å². The lowest BCUT2D eigenvalue weighted by atomic mass is 10.1. The van der Waals surface area contributed by atoms with Gasteiger partial charge < -0.3 is 5.32 Å². The smallest absolute Gasteiger partial charge is 0.244 e. The van der Waals surface area contributed by atoms with Crippen molar-refractivity contribution < 1.29 is 4.79 Å². The maximum absolute atomic E-state index is 12.8. The monoisotopic (exact) mass is 403 g/mol. The molecule has 0 spiro atoms. The highest BCUT2D eigenvalue weighted by molar-refractivity contribution is 6.31. The minimum atomic E-state index is -0.457. The summed E-state index contributed by atoms with van der Waals surface area (Å²) in [6.45, 7) is 4.39. The zero-order valence-electron chi connectivity index (χ0n) is 16.4. The van der Waals surface area contributed by atoms with Crippen molar-refractivity contribution in [3.8, 4) is 11.3 Å². The third-order valence-corrected chi connectivity index (χ3v) is 5.28. The summed E-state index contributed by atoms with van der Waals surface area (Å²) in [5.74, 6) is -0.0791. The molecular weight excluding hydrogens is 382 g/mol. The topological polar surface area (TPSA) is 46.9 Å². The first kappa shape index (κ1) is 19.2. The molecule has 3 aromatic carbocycles. The Morgan fingerprint density at radius 1 is 1.07 bits per heavy atom. The Kier molecular flexibility index (Phi) is 5.36. The lowest BCUT2D eigenvalue weighted by Gasteiger charge is -2.14. The van der Waals surface area contributed by atoms with E-state index in [2.05, 4.69) is 5.32 Å². The number of aryl methyl sites for hydroxylation is 1. The maximum Gasteiger partial charge on any atom is 0.244 e. The Bertz CT molecular complexity index is 1150. The van der Waals surface area contributed by atoms with Gasteiger partial charge in [-0.25, -0.2) is 0 Å². The SMILES string of the molecule is Cc1ccc(CNC(=O)[C@@H](C)n2nc(-c3ccccc3)c3cc(Cl)ccc32)cc1. The van der Waals surface area contributed by atoms with Crippen molar-refractivity contribution in [3.05, 3.63) is 88.9 Å². The molecule has 0 fully saturated rings. The largest absolute Gasteiger partial charge is 0.350 e. The normalized spacial score (nSPS) is 12.1. The quantitative estimate of drug-likeness (QED) is 0.475. The molecule has 0 saturated heterocycles. The molecule has 4 aromatic rings. The first-order chi connectivity index (χ1) is 14.0. The Morgan fingerprint density at radius 3 is 2.52 bits per heavy atom. The van der Waals surface area contributed by atoms with Gasteiger partial charge in [0, 0.05) is 22.5 Å². The second-order valence-corrected chi connectivity index (χ2v) is 7.64. The van der Waals surface area contributed by atoms with E-state index < -0.39 is 6.04 Å². The van der Waals surface area contributed by atoms with Crippen LogP contribution in [0.25, 0.3) is 22.2 Å². The summed E-state index contributed by atoms with van der Waals surface area (Å²) >= 11 is 6.24. The lowest BCUT2D eigenvalue weighted by Crippen LogP contribution is -2.31. The number of nitrogens with zero attached hydrogens (tertiary/aromatic N) is 2. The van der Waals surface area contributed by atoms with Gasteiger partial charge in [0.25, 0.3) is 0 Å². The van der Waals surface area contributed by atoms with E-state index in [-0.39, 0.29) is 5.91 Å². The Morgan fingerprint density at radius 2 is 1.79 bits per heavy atom. The number of amides is 1. The molecule has 0 radical (unpaired) electrons. The first-order valence-corrected chi connectivity index (χ1v) is 9.97. The van der Waals surface area contributed by atoms with Crippen molar-refractivity contribution in [2.24, 2.45) is 0 Å². The molecule has 29 heavy (non-hydrogen) atoms. The summed E-state index contributed by atoms with van der Waals surface area (Å²) in [5, 5.41) is 9.38. The van der Waals surface area contributed by atoms with Crippen LogP contribution in [0.15, 0.2) is 72.8 Å². The van der Waals surface area contributed by atoms with Gasteiger partial charge in [-0.05, 0) is 37.6 Å². The average Bonchev–Trinajstić information content (AvgIpc) is 3.11. The predicted molar refractivity (Wildman–Crippen MR) is 118 cm³/mol. The molecule has 146 valence electrons. The molecule has 4 nitrogen and oxygen atoms in total. The van der Waals surface area contributed by atoms with Crippen molar-refractivity contribution in [3.63, 3.8) is 0 Å². The zero-order chi connectivity index (χ0) is 20.4. The molecule has 0 aliphatic carbocycles. The number of nitrogens with one attached hydrogen (secondary N) is 1. The summed E-state index contributed by atoms with van der Waals surface area (Å²) < 4.78 is 1.78. The van der Waals surface area contributed by atoms with E-state index in [4.69, 9.17) is 16.7 Å². The number of aromatic nitrogens is 2. The van der Waals surface area contributed by atoms with Gasteiger partial charge in [0.1, 0.15) is 11.7 Å². The van der Waals surface area contributed by atoms with Gasteiger partial charge in [0.2, 0.25) is 5.91 Å². The van der Waals surface area contributed by atoms with E-state index in [0.29, 0.717) is 11.6 Å². The van der Waals surface area contributed by atoms with Crippen molar-refractivity contribution in [1.82, 2.24) is 15.1 Å². The molecule has 4 rings (SSSR count). The third-order valence-electron chi connectivity index (χ3n) is 5.05. The average molecular weight is 404 g/mol. The number of rotatable bonds is 5. The van der Waals surface area contributed by atoms with E-state index in [1.807, 2.05) is 86.6 Å². The molecule has 1 atom stereocenters. The van der Waals surface area contributed by atoms with Crippen LogP contribution >= 0.6 is 11.6 Å². The van der Waals surface area contributed by atoms with Crippen molar-refractivity contribution in [2.45, 2.75) is 26.4 Å². The molecule has 1 N–H and O–H groups in total. The number of hydrogen-bond donors (Lipinski definition) is 1. The van der Waals surface area contributed by atoms with Crippen LogP contribution in [0.3, 0.4) is 0 Å². The minimum absolute atomic E-state index is 0.0791. The standard InChI is InChI=1S/C24H22ClN3O/c1-16-8-10-18(11-9-16)15-26-24(29)17(2)28-22-13-12-20(25)14-21(22)23(27-28)19-6-4-3-5-7-19/h3-14,17H,15H2,1-2H3,(H,26,29)/t17-/m1/s1. The van der Waals surface area contributed by atoms with Gasteiger partial charge in [0.15, 0.2) is 0 Å². The molecule has 0 saturated carbocycles. The van der Waals surface area contributed by atoms with Gasteiger partial charge >= 0.3 is 0 Å². The summed E-state index contributed by atoms with van der Waals surface area (Å²) in [5.41, 5.74) is 4.96. The number of hydrogen-bond acceptors (Lipinski definition) is 2. The number of fused-ring (bicyclic) bond motifs is 1. The van der Waals surface area contributed by atoms with E-state index in [0.717, 1.165) is 27.7 Å². The zero-order valence-corrected chi connectivity index (χ0v) is 17.1. The molecule has 5 heteroatoms. The molecule has 0 aliphatic rings. The van der Waals surface area contributed by atoms with E-state index in [1.165, 1.54) is 5.56 Å². The number of carbonyl (C=O) groups is 1. The van der Waals surface area contributed by atoms with Crippen LogP contribution < -0.4 is 5.32 Å². The van der Waals surface area contributed by atoms with Crippen LogP contribution in [0.1, 0.15) is 24.1 Å². The fraction of sp³-hybridized carbons (Fsp3) is 0.167. The van der Waals surface area contributed by atoms with Crippen molar-refractivity contribution in [2.75, 3.05) is 0 Å². The Balaban J connectivity index is 1.64. The van der Waals surface area contributed by atoms with Gasteiger partial charge in [-0.2, -0.15) is 5.10 Å². The van der Waals surface area contributed by atoms with Gasteiger partial charge in [-0.3, -0.25) is 9.48 Å². The Hall–Kier alpha value is -3.11. The van der Waals surface area contributed by atoms with Crippen molar-refractivity contribution >= 4 is 28.4 Å². The van der Waals surface area contributed by atoms with Crippen LogP contribution in [0.5, 0.6) is 0 Å². The molecule has 1 heterocycles. The molecule has 1 aromatic heterocycles. The molecule has 1 amide bonds. The van der Waals surface area contributed by atoms with Gasteiger partial charge in [-0.1, -0.05) is 71.8 Å².